The summed E-state index contributed by atoms with van der Waals surface area (Å²) in [7, 11) is 0. The van der Waals surface area contributed by atoms with Crippen molar-refractivity contribution in [3.8, 4) is 0 Å². The quantitative estimate of drug-likeness (QED) is 0.569. The summed E-state index contributed by atoms with van der Waals surface area (Å²) >= 11 is 0. The number of carbonyl (C=O) groups is 1. The first-order valence-electron chi connectivity index (χ1n) is 8.97. The van der Waals surface area contributed by atoms with Crippen molar-refractivity contribution in [2.24, 2.45) is 0 Å². The van der Waals surface area contributed by atoms with E-state index in [4.69, 9.17) is 4.74 Å². The van der Waals surface area contributed by atoms with Gasteiger partial charge in [-0.1, -0.05) is 66.7 Å². The molecule has 3 heteroatoms. The zero-order valence-electron chi connectivity index (χ0n) is 14.9. The lowest BCUT2D eigenvalue weighted by Crippen LogP contribution is -2.20. The summed E-state index contributed by atoms with van der Waals surface area (Å²) in [5.41, 5.74) is 3.12. The molecule has 0 saturated carbocycles. The van der Waals surface area contributed by atoms with Crippen LogP contribution in [0.4, 0.5) is 0 Å². The molecule has 0 spiro atoms. The van der Waals surface area contributed by atoms with E-state index in [-0.39, 0.29) is 11.9 Å². The highest BCUT2D eigenvalue weighted by Gasteiger charge is 2.28. The Balaban J connectivity index is 1.98. The molecule has 1 heterocycles. The number of hydrogen-bond donors (Lipinski definition) is 0. The lowest BCUT2D eigenvalue weighted by Gasteiger charge is -2.23. The zero-order valence-corrected chi connectivity index (χ0v) is 14.9. The molecule has 0 aliphatic rings. The Morgan fingerprint density at radius 3 is 1.96 bits per heavy atom. The molecule has 1 aromatic heterocycles. The summed E-state index contributed by atoms with van der Waals surface area (Å²) in [6.07, 6.45) is 2.34. The third-order valence-electron chi connectivity index (χ3n) is 4.49. The summed E-state index contributed by atoms with van der Waals surface area (Å²) in [5, 5.41) is 0. The fraction of sp³-hybridized carbons (Fsp3) is 0.217. The van der Waals surface area contributed by atoms with Gasteiger partial charge in [-0.25, -0.2) is 0 Å². The van der Waals surface area contributed by atoms with E-state index >= 15 is 0 Å². The second-order valence-corrected chi connectivity index (χ2v) is 6.17. The molecule has 0 aliphatic carbocycles. The van der Waals surface area contributed by atoms with Gasteiger partial charge in [-0.2, -0.15) is 0 Å². The van der Waals surface area contributed by atoms with Crippen molar-refractivity contribution in [1.82, 2.24) is 4.98 Å². The number of hydrogen-bond acceptors (Lipinski definition) is 3. The van der Waals surface area contributed by atoms with Crippen molar-refractivity contribution in [1.29, 1.82) is 0 Å². The number of esters is 1. The van der Waals surface area contributed by atoms with Crippen LogP contribution < -0.4 is 0 Å². The molecule has 0 radical (unpaired) electrons. The first-order chi connectivity index (χ1) is 12.8. The summed E-state index contributed by atoms with van der Waals surface area (Å²) in [5.74, 6) is -0.529. The molecule has 26 heavy (non-hydrogen) atoms. The lowest BCUT2D eigenvalue weighted by atomic mass is 9.82. The molecule has 0 saturated heterocycles. The van der Waals surface area contributed by atoms with Crippen LogP contribution >= 0.6 is 0 Å². The standard InChI is InChI=1S/C23H23NO2/c1-2-26-23(25)21(22-15-9-10-16-24-22)17-20(18-11-5-3-6-12-18)19-13-7-4-8-14-19/h3-16,20-21H,2,17H2,1H3. The van der Waals surface area contributed by atoms with Gasteiger partial charge in [0.05, 0.1) is 18.2 Å². The highest BCUT2D eigenvalue weighted by Crippen LogP contribution is 2.35. The maximum absolute atomic E-state index is 12.7. The van der Waals surface area contributed by atoms with E-state index in [9.17, 15) is 4.79 Å². The Morgan fingerprint density at radius 2 is 1.46 bits per heavy atom. The van der Waals surface area contributed by atoms with E-state index in [0.29, 0.717) is 13.0 Å². The predicted octanol–water partition coefficient (Wildman–Crippen LogP) is 4.95. The third kappa shape index (κ3) is 4.37. The molecule has 132 valence electrons. The Morgan fingerprint density at radius 1 is 0.885 bits per heavy atom. The van der Waals surface area contributed by atoms with Crippen LogP contribution in [0.3, 0.4) is 0 Å². The smallest absolute Gasteiger partial charge is 0.315 e. The van der Waals surface area contributed by atoms with Crippen LogP contribution in [-0.2, 0) is 9.53 Å². The number of ether oxygens (including phenoxy) is 1. The van der Waals surface area contributed by atoms with E-state index in [1.54, 1.807) is 6.20 Å². The summed E-state index contributed by atoms with van der Waals surface area (Å²) in [4.78, 5) is 17.1. The predicted molar refractivity (Wildman–Crippen MR) is 103 cm³/mol. The summed E-state index contributed by atoms with van der Waals surface area (Å²) in [6, 6.07) is 26.3. The first-order valence-corrected chi connectivity index (χ1v) is 8.97. The van der Waals surface area contributed by atoms with Gasteiger partial charge in [-0.05, 0) is 36.6 Å². The topological polar surface area (TPSA) is 39.2 Å². The van der Waals surface area contributed by atoms with Gasteiger partial charge in [-0.3, -0.25) is 9.78 Å². The number of nitrogens with zero attached hydrogens (tertiary/aromatic N) is 1. The lowest BCUT2D eigenvalue weighted by molar-refractivity contribution is -0.145. The van der Waals surface area contributed by atoms with Gasteiger partial charge in [0.15, 0.2) is 0 Å². The zero-order chi connectivity index (χ0) is 18.2. The molecule has 2 aromatic carbocycles. The number of carbonyl (C=O) groups excluding carboxylic acids is 1. The van der Waals surface area contributed by atoms with Crippen LogP contribution in [0, 0.1) is 0 Å². The molecule has 0 aliphatic heterocycles. The van der Waals surface area contributed by atoms with Gasteiger partial charge in [0.25, 0.3) is 0 Å². The Labute approximate surface area is 154 Å². The monoisotopic (exact) mass is 345 g/mol. The van der Waals surface area contributed by atoms with Crippen molar-refractivity contribution >= 4 is 5.97 Å². The highest BCUT2D eigenvalue weighted by molar-refractivity contribution is 5.77. The maximum atomic E-state index is 12.7. The summed E-state index contributed by atoms with van der Waals surface area (Å²) in [6.45, 7) is 2.20. The number of rotatable bonds is 7. The fourth-order valence-electron chi connectivity index (χ4n) is 3.23. The van der Waals surface area contributed by atoms with Crippen molar-refractivity contribution in [2.45, 2.75) is 25.2 Å². The fourth-order valence-corrected chi connectivity index (χ4v) is 3.23. The van der Waals surface area contributed by atoms with Gasteiger partial charge >= 0.3 is 5.97 Å². The van der Waals surface area contributed by atoms with Gasteiger partial charge in [-0.15, -0.1) is 0 Å². The molecular formula is C23H23NO2. The van der Waals surface area contributed by atoms with Crippen LogP contribution in [0.25, 0.3) is 0 Å². The molecule has 0 N–H and O–H groups in total. The van der Waals surface area contributed by atoms with Gasteiger partial charge in [0.2, 0.25) is 0 Å². The summed E-state index contributed by atoms with van der Waals surface area (Å²) < 4.78 is 5.35. The Kier molecular flexibility index (Phi) is 6.15. The van der Waals surface area contributed by atoms with Crippen LogP contribution in [0.5, 0.6) is 0 Å². The maximum Gasteiger partial charge on any atom is 0.315 e. The van der Waals surface area contributed by atoms with Crippen molar-refractivity contribution in [3.05, 3.63) is 102 Å². The molecule has 3 rings (SSSR count). The first kappa shape index (κ1) is 17.9. The molecule has 0 amide bonds. The minimum atomic E-state index is -0.401. The molecule has 1 atom stereocenters. The number of aromatic nitrogens is 1. The third-order valence-corrected chi connectivity index (χ3v) is 4.49. The number of benzene rings is 2. The Bertz CT molecular complexity index is 764. The molecule has 0 fully saturated rings. The molecule has 3 aromatic rings. The van der Waals surface area contributed by atoms with Gasteiger partial charge < -0.3 is 4.74 Å². The normalized spacial score (nSPS) is 11.9. The SMILES string of the molecule is CCOC(=O)C(CC(c1ccccc1)c1ccccc1)c1ccccn1. The van der Waals surface area contributed by atoms with E-state index in [0.717, 1.165) is 5.69 Å². The van der Waals surface area contributed by atoms with E-state index in [1.165, 1.54) is 11.1 Å². The largest absolute Gasteiger partial charge is 0.465 e. The molecule has 1 unspecified atom stereocenters. The van der Waals surface area contributed by atoms with Gasteiger partial charge in [0.1, 0.15) is 0 Å². The average molecular weight is 345 g/mol. The van der Waals surface area contributed by atoms with Crippen molar-refractivity contribution in [2.75, 3.05) is 6.61 Å². The van der Waals surface area contributed by atoms with Gasteiger partial charge in [0, 0.05) is 12.1 Å². The van der Waals surface area contributed by atoms with Crippen LogP contribution in [0.1, 0.15) is 42.0 Å². The van der Waals surface area contributed by atoms with Crippen LogP contribution in [0.15, 0.2) is 85.1 Å². The average Bonchev–Trinajstić information content (AvgIpc) is 2.71. The minimum Gasteiger partial charge on any atom is -0.465 e. The molecule has 3 nitrogen and oxygen atoms in total. The van der Waals surface area contributed by atoms with Crippen molar-refractivity contribution < 1.29 is 9.53 Å². The van der Waals surface area contributed by atoms with Crippen LogP contribution in [0.2, 0.25) is 0 Å². The van der Waals surface area contributed by atoms with E-state index < -0.39 is 5.92 Å². The van der Waals surface area contributed by atoms with E-state index in [1.807, 2.05) is 61.5 Å². The van der Waals surface area contributed by atoms with E-state index in [2.05, 4.69) is 29.2 Å². The van der Waals surface area contributed by atoms with Crippen LogP contribution in [-0.4, -0.2) is 17.6 Å². The van der Waals surface area contributed by atoms with Crippen molar-refractivity contribution in [3.63, 3.8) is 0 Å². The molecular weight excluding hydrogens is 322 g/mol. The minimum absolute atomic E-state index is 0.0915. The Hall–Kier alpha value is -2.94. The highest BCUT2D eigenvalue weighted by atomic mass is 16.5. The molecule has 0 bridgehead atoms. The number of pyridine rings is 1. The second kappa shape index (κ2) is 8.95. The second-order valence-electron chi connectivity index (χ2n) is 6.17.